The number of halogens is 1. The maximum atomic E-state index is 11.8. The summed E-state index contributed by atoms with van der Waals surface area (Å²) >= 11 is 5.66. The Morgan fingerprint density at radius 3 is 3.06 bits per heavy atom. The highest BCUT2D eigenvalue weighted by Gasteiger charge is 2.37. The van der Waals surface area contributed by atoms with Crippen LogP contribution in [0.5, 0.6) is 0 Å². The van der Waals surface area contributed by atoms with Crippen molar-refractivity contribution in [3.8, 4) is 0 Å². The van der Waals surface area contributed by atoms with E-state index in [2.05, 4.69) is 17.2 Å². The molecule has 1 saturated carbocycles. The van der Waals surface area contributed by atoms with E-state index in [9.17, 15) is 4.79 Å². The summed E-state index contributed by atoms with van der Waals surface area (Å²) in [5, 5.41) is 3.41. The van der Waals surface area contributed by atoms with Gasteiger partial charge in [-0.1, -0.05) is 24.9 Å². The summed E-state index contributed by atoms with van der Waals surface area (Å²) in [7, 11) is 0. The highest BCUT2D eigenvalue weighted by molar-refractivity contribution is 6.29. The number of nitrogens with one attached hydrogen (secondary N) is 1. The Hall–Kier alpha value is -1.09. The third-order valence-electron chi connectivity index (χ3n) is 2.89. The van der Waals surface area contributed by atoms with Crippen LogP contribution in [-0.4, -0.2) is 16.9 Å². The van der Waals surface area contributed by atoms with Crippen molar-refractivity contribution in [1.82, 2.24) is 10.3 Å². The number of rotatable bonds is 4. The first-order valence-electron chi connectivity index (χ1n) is 5.63. The molecule has 0 spiro atoms. The van der Waals surface area contributed by atoms with Crippen molar-refractivity contribution in [1.29, 1.82) is 0 Å². The molecular weight excluding hydrogens is 224 g/mol. The van der Waals surface area contributed by atoms with E-state index in [-0.39, 0.29) is 5.91 Å². The van der Waals surface area contributed by atoms with E-state index in [0.29, 0.717) is 22.7 Å². The number of hydrogen-bond donors (Lipinski definition) is 1. The lowest BCUT2D eigenvalue weighted by atomic mass is 10.2. The molecule has 2 rings (SSSR count). The van der Waals surface area contributed by atoms with Gasteiger partial charge < -0.3 is 5.32 Å². The molecule has 4 heteroatoms. The molecule has 3 nitrogen and oxygen atoms in total. The SMILES string of the molecule is CCCC1CC1NC(=O)c1ccc(Cl)nc1. The van der Waals surface area contributed by atoms with Crippen LogP contribution >= 0.6 is 11.6 Å². The van der Waals surface area contributed by atoms with Gasteiger partial charge in [0, 0.05) is 12.2 Å². The molecule has 1 aliphatic rings. The summed E-state index contributed by atoms with van der Waals surface area (Å²) in [6.07, 6.45) is 5.00. The number of hydrogen-bond acceptors (Lipinski definition) is 2. The molecule has 1 heterocycles. The number of pyridine rings is 1. The summed E-state index contributed by atoms with van der Waals surface area (Å²) in [4.78, 5) is 15.6. The first-order valence-corrected chi connectivity index (χ1v) is 6.01. The van der Waals surface area contributed by atoms with Crippen molar-refractivity contribution < 1.29 is 4.79 Å². The van der Waals surface area contributed by atoms with Crippen LogP contribution in [0.1, 0.15) is 36.5 Å². The largest absolute Gasteiger partial charge is 0.349 e. The van der Waals surface area contributed by atoms with Gasteiger partial charge in [-0.3, -0.25) is 4.79 Å². The predicted molar refractivity (Wildman–Crippen MR) is 63.5 cm³/mol. The molecule has 0 aliphatic heterocycles. The molecule has 0 bridgehead atoms. The van der Waals surface area contributed by atoms with Crippen LogP contribution in [0, 0.1) is 5.92 Å². The molecule has 1 aromatic rings. The Labute approximate surface area is 100 Å². The molecule has 16 heavy (non-hydrogen) atoms. The van der Waals surface area contributed by atoms with Crippen LogP contribution in [0.25, 0.3) is 0 Å². The molecule has 2 unspecified atom stereocenters. The second kappa shape index (κ2) is 4.83. The Morgan fingerprint density at radius 2 is 2.44 bits per heavy atom. The molecule has 1 N–H and O–H groups in total. The normalized spacial score (nSPS) is 22.9. The lowest BCUT2D eigenvalue weighted by Gasteiger charge is -2.03. The quantitative estimate of drug-likeness (QED) is 0.820. The predicted octanol–water partition coefficient (Wildman–Crippen LogP) is 2.65. The van der Waals surface area contributed by atoms with E-state index in [0.717, 1.165) is 6.42 Å². The maximum absolute atomic E-state index is 11.8. The Balaban J connectivity index is 1.87. The van der Waals surface area contributed by atoms with Crippen molar-refractivity contribution >= 4 is 17.5 Å². The van der Waals surface area contributed by atoms with Crippen LogP contribution in [-0.2, 0) is 0 Å². The summed E-state index contributed by atoms with van der Waals surface area (Å²) in [6.45, 7) is 2.17. The minimum Gasteiger partial charge on any atom is -0.349 e. The molecule has 1 fully saturated rings. The van der Waals surface area contributed by atoms with Gasteiger partial charge in [0.25, 0.3) is 5.91 Å². The van der Waals surface area contributed by atoms with Gasteiger partial charge in [-0.05, 0) is 30.9 Å². The monoisotopic (exact) mass is 238 g/mol. The maximum Gasteiger partial charge on any atom is 0.253 e. The number of carbonyl (C=O) groups excluding carboxylic acids is 1. The summed E-state index contributed by atoms with van der Waals surface area (Å²) < 4.78 is 0. The minimum atomic E-state index is -0.0484. The topological polar surface area (TPSA) is 42.0 Å². The van der Waals surface area contributed by atoms with Crippen molar-refractivity contribution in [2.75, 3.05) is 0 Å². The van der Waals surface area contributed by atoms with Gasteiger partial charge >= 0.3 is 0 Å². The van der Waals surface area contributed by atoms with Crippen molar-refractivity contribution in [3.05, 3.63) is 29.0 Å². The Bertz CT molecular complexity index is 377. The van der Waals surface area contributed by atoms with Gasteiger partial charge in [0.1, 0.15) is 5.15 Å². The molecule has 1 aliphatic carbocycles. The van der Waals surface area contributed by atoms with E-state index in [4.69, 9.17) is 11.6 Å². The van der Waals surface area contributed by atoms with Crippen LogP contribution in [0.2, 0.25) is 5.15 Å². The standard InChI is InChI=1S/C12H15ClN2O/c1-2-3-8-6-10(8)15-12(16)9-4-5-11(13)14-7-9/h4-5,7-8,10H,2-3,6H2,1H3,(H,15,16). The third kappa shape index (κ3) is 2.73. The summed E-state index contributed by atoms with van der Waals surface area (Å²) in [6, 6.07) is 3.69. The first kappa shape index (κ1) is 11.4. The number of carbonyl (C=O) groups is 1. The average molecular weight is 239 g/mol. The average Bonchev–Trinajstić information content (AvgIpc) is 2.98. The number of nitrogens with zero attached hydrogens (tertiary/aromatic N) is 1. The van der Waals surface area contributed by atoms with Gasteiger partial charge in [0.05, 0.1) is 5.56 Å². The van der Waals surface area contributed by atoms with Gasteiger partial charge in [0.15, 0.2) is 0 Å². The first-order chi connectivity index (χ1) is 7.70. The van der Waals surface area contributed by atoms with Crippen LogP contribution in [0.3, 0.4) is 0 Å². The molecule has 86 valence electrons. The molecule has 2 atom stereocenters. The fraction of sp³-hybridized carbons (Fsp3) is 0.500. The van der Waals surface area contributed by atoms with Gasteiger partial charge in [0.2, 0.25) is 0 Å². The van der Waals surface area contributed by atoms with Crippen LogP contribution in [0.15, 0.2) is 18.3 Å². The fourth-order valence-electron chi connectivity index (χ4n) is 1.88. The smallest absolute Gasteiger partial charge is 0.253 e. The lowest BCUT2D eigenvalue weighted by Crippen LogP contribution is -2.26. The zero-order valence-electron chi connectivity index (χ0n) is 9.24. The van der Waals surface area contributed by atoms with Gasteiger partial charge in [-0.15, -0.1) is 0 Å². The van der Waals surface area contributed by atoms with Crippen molar-refractivity contribution in [2.24, 2.45) is 5.92 Å². The molecule has 0 saturated heterocycles. The van der Waals surface area contributed by atoms with Crippen LogP contribution in [0.4, 0.5) is 0 Å². The molecular formula is C12H15ClN2O. The van der Waals surface area contributed by atoms with E-state index < -0.39 is 0 Å². The van der Waals surface area contributed by atoms with E-state index in [1.165, 1.54) is 19.0 Å². The fourth-order valence-corrected chi connectivity index (χ4v) is 1.99. The highest BCUT2D eigenvalue weighted by Crippen LogP contribution is 2.34. The lowest BCUT2D eigenvalue weighted by molar-refractivity contribution is 0.0948. The Kier molecular flexibility index (Phi) is 3.44. The molecule has 1 aromatic heterocycles. The van der Waals surface area contributed by atoms with Crippen molar-refractivity contribution in [2.45, 2.75) is 32.2 Å². The van der Waals surface area contributed by atoms with Gasteiger partial charge in [-0.25, -0.2) is 4.98 Å². The van der Waals surface area contributed by atoms with Gasteiger partial charge in [-0.2, -0.15) is 0 Å². The molecule has 0 aromatic carbocycles. The van der Waals surface area contributed by atoms with E-state index >= 15 is 0 Å². The Morgan fingerprint density at radius 1 is 1.62 bits per heavy atom. The summed E-state index contributed by atoms with van der Waals surface area (Å²) in [5.41, 5.74) is 0.576. The minimum absolute atomic E-state index is 0.0484. The number of amides is 1. The zero-order valence-corrected chi connectivity index (χ0v) is 10.00. The van der Waals surface area contributed by atoms with Crippen LogP contribution < -0.4 is 5.32 Å². The van der Waals surface area contributed by atoms with E-state index in [1.54, 1.807) is 12.1 Å². The third-order valence-corrected chi connectivity index (χ3v) is 3.11. The summed E-state index contributed by atoms with van der Waals surface area (Å²) in [5.74, 6) is 0.627. The molecule has 0 radical (unpaired) electrons. The second-order valence-corrected chi connectivity index (χ2v) is 4.62. The molecule has 1 amide bonds. The zero-order chi connectivity index (χ0) is 11.5. The highest BCUT2D eigenvalue weighted by atomic mass is 35.5. The van der Waals surface area contributed by atoms with Crippen molar-refractivity contribution in [3.63, 3.8) is 0 Å². The second-order valence-electron chi connectivity index (χ2n) is 4.23. The number of aromatic nitrogens is 1. The van der Waals surface area contributed by atoms with E-state index in [1.807, 2.05) is 0 Å².